The molecular weight excluding hydrogens is 208 g/mol. The van der Waals surface area contributed by atoms with Crippen molar-refractivity contribution in [2.45, 2.75) is 33.2 Å². The van der Waals surface area contributed by atoms with Gasteiger partial charge in [0, 0.05) is 32.2 Å². The molecule has 1 atom stereocenters. The second kappa shape index (κ2) is 5.65. The van der Waals surface area contributed by atoms with E-state index in [4.69, 9.17) is 0 Å². The van der Waals surface area contributed by atoms with Crippen LogP contribution in [-0.4, -0.2) is 37.1 Å². The molecule has 0 spiro atoms. The van der Waals surface area contributed by atoms with Crippen LogP contribution in [0.15, 0.2) is 18.2 Å². The second-order valence-electron chi connectivity index (χ2n) is 5.27. The quantitative estimate of drug-likeness (QED) is 0.859. The minimum absolute atomic E-state index is 0.651. The molecule has 1 aromatic carbocycles. The Bertz CT molecular complexity index is 367. The van der Waals surface area contributed by atoms with Crippen LogP contribution in [0.4, 0.5) is 0 Å². The lowest BCUT2D eigenvalue weighted by molar-refractivity contribution is 0.183. The highest BCUT2D eigenvalue weighted by Crippen LogP contribution is 2.15. The SMILES string of the molecule is Cc1ccc(C)c(CC(C)N2CCNCC2)c1. The van der Waals surface area contributed by atoms with Crippen molar-refractivity contribution >= 4 is 0 Å². The van der Waals surface area contributed by atoms with Crippen molar-refractivity contribution in [3.8, 4) is 0 Å². The molecule has 17 heavy (non-hydrogen) atoms. The molecule has 0 saturated carbocycles. The molecule has 0 aliphatic carbocycles. The second-order valence-corrected chi connectivity index (χ2v) is 5.27. The van der Waals surface area contributed by atoms with Crippen molar-refractivity contribution in [1.29, 1.82) is 0 Å². The average molecular weight is 232 g/mol. The molecule has 0 bridgehead atoms. The van der Waals surface area contributed by atoms with E-state index < -0.39 is 0 Å². The van der Waals surface area contributed by atoms with E-state index in [0.717, 1.165) is 13.1 Å². The van der Waals surface area contributed by atoms with Crippen LogP contribution < -0.4 is 5.32 Å². The summed E-state index contributed by atoms with van der Waals surface area (Å²) in [5, 5.41) is 3.41. The van der Waals surface area contributed by atoms with Gasteiger partial charge < -0.3 is 5.32 Å². The van der Waals surface area contributed by atoms with Gasteiger partial charge in [-0.2, -0.15) is 0 Å². The molecule has 0 radical (unpaired) electrons. The van der Waals surface area contributed by atoms with Crippen molar-refractivity contribution in [1.82, 2.24) is 10.2 Å². The molecule has 1 aliphatic heterocycles. The van der Waals surface area contributed by atoms with Gasteiger partial charge in [0.1, 0.15) is 0 Å². The van der Waals surface area contributed by atoms with Crippen molar-refractivity contribution in [3.63, 3.8) is 0 Å². The van der Waals surface area contributed by atoms with Crippen LogP contribution in [0.1, 0.15) is 23.6 Å². The molecule has 1 N–H and O–H groups in total. The van der Waals surface area contributed by atoms with Gasteiger partial charge in [-0.05, 0) is 38.3 Å². The molecular formula is C15H24N2. The Morgan fingerprint density at radius 2 is 1.94 bits per heavy atom. The van der Waals surface area contributed by atoms with Gasteiger partial charge in [0.2, 0.25) is 0 Å². The van der Waals surface area contributed by atoms with Gasteiger partial charge in [-0.1, -0.05) is 23.8 Å². The summed E-state index contributed by atoms with van der Waals surface area (Å²) in [6, 6.07) is 7.44. The summed E-state index contributed by atoms with van der Waals surface area (Å²) in [6.45, 7) is 11.4. The third kappa shape index (κ3) is 3.30. The third-order valence-corrected chi connectivity index (χ3v) is 3.79. The maximum atomic E-state index is 3.41. The molecule has 2 nitrogen and oxygen atoms in total. The van der Waals surface area contributed by atoms with Crippen LogP contribution >= 0.6 is 0 Å². The van der Waals surface area contributed by atoms with Crippen molar-refractivity contribution in [2.75, 3.05) is 26.2 Å². The lowest BCUT2D eigenvalue weighted by Crippen LogP contribution is -2.48. The zero-order valence-corrected chi connectivity index (χ0v) is 11.3. The highest BCUT2D eigenvalue weighted by Gasteiger charge is 2.17. The normalized spacial score (nSPS) is 19.2. The smallest absolute Gasteiger partial charge is 0.0110 e. The molecule has 94 valence electrons. The molecule has 1 unspecified atom stereocenters. The Labute approximate surface area is 105 Å². The number of piperazine rings is 1. The maximum Gasteiger partial charge on any atom is 0.0110 e. The predicted octanol–water partition coefficient (Wildman–Crippen LogP) is 2.14. The topological polar surface area (TPSA) is 15.3 Å². The van der Waals surface area contributed by atoms with Crippen molar-refractivity contribution in [2.24, 2.45) is 0 Å². The van der Waals surface area contributed by atoms with E-state index in [1.807, 2.05) is 0 Å². The summed E-state index contributed by atoms with van der Waals surface area (Å²) in [5.41, 5.74) is 4.31. The Morgan fingerprint density at radius 1 is 1.24 bits per heavy atom. The van der Waals surface area contributed by atoms with Gasteiger partial charge in [0.25, 0.3) is 0 Å². The van der Waals surface area contributed by atoms with Crippen molar-refractivity contribution < 1.29 is 0 Å². The van der Waals surface area contributed by atoms with E-state index in [1.165, 1.54) is 36.2 Å². The summed E-state index contributed by atoms with van der Waals surface area (Å²) in [5.74, 6) is 0. The Kier molecular flexibility index (Phi) is 4.19. The summed E-state index contributed by atoms with van der Waals surface area (Å²) in [7, 11) is 0. The highest BCUT2D eigenvalue weighted by molar-refractivity contribution is 5.31. The zero-order chi connectivity index (χ0) is 12.3. The van der Waals surface area contributed by atoms with Crippen LogP contribution in [-0.2, 0) is 6.42 Å². The average Bonchev–Trinajstić information content (AvgIpc) is 2.35. The molecule has 1 heterocycles. The van der Waals surface area contributed by atoms with Crippen LogP contribution in [0.25, 0.3) is 0 Å². The third-order valence-electron chi connectivity index (χ3n) is 3.79. The number of hydrogen-bond donors (Lipinski definition) is 1. The molecule has 1 aromatic rings. The fourth-order valence-electron chi connectivity index (χ4n) is 2.59. The number of nitrogens with zero attached hydrogens (tertiary/aromatic N) is 1. The Hall–Kier alpha value is -0.860. The number of aryl methyl sites for hydroxylation is 2. The molecule has 1 saturated heterocycles. The van der Waals surface area contributed by atoms with E-state index in [-0.39, 0.29) is 0 Å². The summed E-state index contributed by atoms with van der Waals surface area (Å²) in [6.07, 6.45) is 1.17. The Balaban J connectivity index is 2.01. The van der Waals surface area contributed by atoms with E-state index in [1.54, 1.807) is 0 Å². The fraction of sp³-hybridized carbons (Fsp3) is 0.600. The Morgan fingerprint density at radius 3 is 2.65 bits per heavy atom. The van der Waals surface area contributed by atoms with Gasteiger partial charge in [0.05, 0.1) is 0 Å². The summed E-state index contributed by atoms with van der Waals surface area (Å²) >= 11 is 0. The van der Waals surface area contributed by atoms with E-state index in [0.29, 0.717) is 6.04 Å². The number of nitrogens with one attached hydrogen (secondary N) is 1. The number of benzene rings is 1. The first-order chi connectivity index (χ1) is 8.16. The molecule has 0 amide bonds. The standard InChI is InChI=1S/C15H24N2/c1-12-4-5-13(2)15(10-12)11-14(3)17-8-6-16-7-9-17/h4-5,10,14,16H,6-9,11H2,1-3H3. The summed E-state index contributed by atoms with van der Waals surface area (Å²) < 4.78 is 0. The van der Waals surface area contributed by atoms with Gasteiger partial charge in [-0.15, -0.1) is 0 Å². The first kappa shape index (κ1) is 12.6. The highest BCUT2D eigenvalue weighted by atomic mass is 15.2. The first-order valence-electron chi connectivity index (χ1n) is 6.67. The summed E-state index contributed by atoms with van der Waals surface area (Å²) in [4.78, 5) is 2.60. The molecule has 0 aromatic heterocycles. The van der Waals surface area contributed by atoms with E-state index >= 15 is 0 Å². The lowest BCUT2D eigenvalue weighted by Gasteiger charge is -2.33. The van der Waals surface area contributed by atoms with Crippen LogP contribution in [0, 0.1) is 13.8 Å². The first-order valence-corrected chi connectivity index (χ1v) is 6.67. The van der Waals surface area contributed by atoms with Crippen LogP contribution in [0.5, 0.6) is 0 Å². The minimum atomic E-state index is 0.651. The minimum Gasteiger partial charge on any atom is -0.314 e. The monoisotopic (exact) mass is 232 g/mol. The predicted molar refractivity (Wildman–Crippen MR) is 73.5 cm³/mol. The van der Waals surface area contributed by atoms with Crippen molar-refractivity contribution in [3.05, 3.63) is 34.9 Å². The van der Waals surface area contributed by atoms with E-state index in [9.17, 15) is 0 Å². The van der Waals surface area contributed by atoms with Gasteiger partial charge in [-0.3, -0.25) is 4.90 Å². The van der Waals surface area contributed by atoms with Gasteiger partial charge in [-0.25, -0.2) is 0 Å². The van der Waals surface area contributed by atoms with E-state index in [2.05, 4.69) is 49.2 Å². The number of rotatable bonds is 3. The van der Waals surface area contributed by atoms with Gasteiger partial charge in [0.15, 0.2) is 0 Å². The van der Waals surface area contributed by atoms with Crippen LogP contribution in [0.3, 0.4) is 0 Å². The number of hydrogen-bond acceptors (Lipinski definition) is 2. The largest absolute Gasteiger partial charge is 0.314 e. The lowest BCUT2D eigenvalue weighted by atomic mass is 9.99. The zero-order valence-electron chi connectivity index (χ0n) is 11.3. The molecule has 1 aliphatic rings. The molecule has 2 rings (SSSR count). The van der Waals surface area contributed by atoms with Gasteiger partial charge >= 0.3 is 0 Å². The molecule has 2 heteroatoms. The fourth-order valence-corrected chi connectivity index (χ4v) is 2.59. The van der Waals surface area contributed by atoms with Crippen LogP contribution in [0.2, 0.25) is 0 Å². The maximum absolute atomic E-state index is 3.41. The molecule has 1 fully saturated rings.